The average Bonchev–Trinajstić information content (AvgIpc) is 3.45. The van der Waals surface area contributed by atoms with Gasteiger partial charge in [-0.2, -0.15) is 0 Å². The number of aliphatic hydroxyl groups excluding tert-OH is 1. The lowest BCUT2D eigenvalue weighted by Crippen LogP contribution is -2.31. The molecule has 2 aromatic heterocycles. The molecule has 168 valence electrons. The number of hydrogen-bond acceptors (Lipinski definition) is 7. The molecule has 0 radical (unpaired) electrons. The first-order valence-corrected chi connectivity index (χ1v) is 10.4. The number of hydrogen-bond donors (Lipinski definition) is 1. The van der Waals surface area contributed by atoms with Crippen LogP contribution in [0.2, 0.25) is 0 Å². The van der Waals surface area contributed by atoms with Gasteiger partial charge in [-0.3, -0.25) is 19.5 Å². The average molecular weight is 446 g/mol. The molecule has 1 aromatic carbocycles. The number of ether oxygens (including phenoxy) is 1. The Morgan fingerprint density at radius 1 is 1.15 bits per heavy atom. The Morgan fingerprint density at radius 3 is 2.52 bits per heavy atom. The number of ketones is 1. The molecule has 1 aliphatic rings. The number of carbonyl (C=O) groups excluding carboxylic acids is 3. The first kappa shape index (κ1) is 22.0. The lowest BCUT2D eigenvalue weighted by molar-refractivity contribution is -0.117. The van der Waals surface area contributed by atoms with Crippen LogP contribution >= 0.6 is 0 Å². The lowest BCUT2D eigenvalue weighted by atomic mass is 9.96. The van der Waals surface area contributed by atoms with E-state index in [2.05, 4.69) is 4.98 Å². The molecule has 0 bridgehead atoms. The molecule has 3 aromatic rings. The van der Waals surface area contributed by atoms with Gasteiger partial charge in [-0.15, -0.1) is 0 Å². The van der Waals surface area contributed by atoms with E-state index in [-0.39, 0.29) is 17.3 Å². The molecule has 1 atom stereocenters. The van der Waals surface area contributed by atoms with Crippen molar-refractivity contribution >= 4 is 23.3 Å². The Morgan fingerprint density at radius 2 is 1.91 bits per heavy atom. The second-order valence-electron chi connectivity index (χ2n) is 7.97. The third-order valence-corrected chi connectivity index (χ3v) is 5.13. The molecule has 1 aliphatic heterocycles. The summed E-state index contributed by atoms with van der Waals surface area (Å²) < 4.78 is 10.4. The van der Waals surface area contributed by atoms with Crippen LogP contribution in [-0.4, -0.2) is 34.4 Å². The van der Waals surface area contributed by atoms with E-state index in [1.165, 1.54) is 35.6 Å². The van der Waals surface area contributed by atoms with Gasteiger partial charge in [0.2, 0.25) is 5.78 Å². The van der Waals surface area contributed by atoms with Crippen LogP contribution in [0.3, 0.4) is 0 Å². The number of aromatic nitrogens is 1. The monoisotopic (exact) mass is 446 g/mol. The molecule has 0 saturated heterocycles. The molecule has 0 saturated carbocycles. The number of rotatable bonds is 7. The number of esters is 1. The van der Waals surface area contributed by atoms with Crippen LogP contribution in [0.1, 0.15) is 46.4 Å². The third kappa shape index (κ3) is 4.27. The minimum atomic E-state index is -0.928. The molecule has 33 heavy (non-hydrogen) atoms. The summed E-state index contributed by atoms with van der Waals surface area (Å²) in [6.07, 6.45) is 4.44. The van der Waals surface area contributed by atoms with Gasteiger partial charge < -0.3 is 14.3 Å². The highest BCUT2D eigenvalue weighted by atomic mass is 16.5. The predicted octanol–water partition coefficient (Wildman–Crippen LogP) is 4.27. The van der Waals surface area contributed by atoms with E-state index in [1.54, 1.807) is 36.5 Å². The molecule has 0 spiro atoms. The first-order chi connectivity index (χ1) is 15.9. The Hall–Kier alpha value is -4.20. The van der Waals surface area contributed by atoms with Gasteiger partial charge >= 0.3 is 5.97 Å². The van der Waals surface area contributed by atoms with E-state index in [9.17, 15) is 19.5 Å². The van der Waals surface area contributed by atoms with E-state index in [1.807, 2.05) is 13.8 Å². The summed E-state index contributed by atoms with van der Waals surface area (Å²) in [6.45, 7) is 4.17. The van der Waals surface area contributed by atoms with Gasteiger partial charge in [0.25, 0.3) is 5.91 Å². The maximum absolute atomic E-state index is 13.1. The van der Waals surface area contributed by atoms with Crippen molar-refractivity contribution in [2.24, 2.45) is 5.92 Å². The fraction of sp³-hybridized carbons (Fsp3) is 0.200. The lowest BCUT2D eigenvalue weighted by Gasteiger charge is -2.26. The summed E-state index contributed by atoms with van der Waals surface area (Å²) in [6, 6.07) is 11.7. The molecule has 1 unspecified atom stereocenters. The molecular weight excluding hydrogens is 424 g/mol. The van der Waals surface area contributed by atoms with E-state index in [4.69, 9.17) is 9.15 Å². The second kappa shape index (κ2) is 9.12. The molecule has 0 fully saturated rings. The fourth-order valence-corrected chi connectivity index (χ4v) is 3.58. The molecule has 1 N–H and O–H groups in total. The highest BCUT2D eigenvalue weighted by molar-refractivity contribution is 6.20. The zero-order valence-electron chi connectivity index (χ0n) is 18.1. The number of anilines is 1. The van der Waals surface area contributed by atoms with Gasteiger partial charge in [-0.05, 0) is 53.9 Å². The van der Waals surface area contributed by atoms with Crippen molar-refractivity contribution in [3.05, 3.63) is 95.4 Å². The Balaban J connectivity index is 1.71. The summed E-state index contributed by atoms with van der Waals surface area (Å²) in [4.78, 5) is 43.9. The molecular formula is C25H22N2O6. The standard InChI is InChI=1S/C25H22N2O6/c1-15(2)14-33-25(31)16-7-9-18(10-8-16)27-21(17-5-3-11-26-13-17)20(23(29)24(27)30)22(28)19-6-4-12-32-19/h3-13,15,21,29H,14H2,1-2H3. The maximum atomic E-state index is 13.1. The molecule has 3 heterocycles. The summed E-state index contributed by atoms with van der Waals surface area (Å²) >= 11 is 0. The van der Waals surface area contributed by atoms with E-state index >= 15 is 0 Å². The van der Waals surface area contributed by atoms with Crippen LogP contribution in [-0.2, 0) is 9.53 Å². The number of carbonyl (C=O) groups is 3. The van der Waals surface area contributed by atoms with Crippen molar-refractivity contribution < 1.29 is 28.6 Å². The van der Waals surface area contributed by atoms with Crippen LogP contribution in [0.15, 0.2) is 82.9 Å². The Labute approximate surface area is 190 Å². The zero-order valence-corrected chi connectivity index (χ0v) is 18.1. The van der Waals surface area contributed by atoms with Gasteiger partial charge in [-0.25, -0.2) is 4.79 Å². The minimum absolute atomic E-state index is 0.00309. The van der Waals surface area contributed by atoms with Gasteiger partial charge in [0.05, 0.1) is 30.0 Å². The number of aliphatic hydroxyl groups is 1. The van der Waals surface area contributed by atoms with Crippen LogP contribution in [0.5, 0.6) is 0 Å². The van der Waals surface area contributed by atoms with E-state index in [0.29, 0.717) is 23.4 Å². The molecule has 8 heteroatoms. The molecule has 0 aliphatic carbocycles. The van der Waals surface area contributed by atoms with Crippen LogP contribution in [0.25, 0.3) is 0 Å². The normalized spacial score (nSPS) is 15.9. The van der Waals surface area contributed by atoms with Crippen LogP contribution < -0.4 is 4.90 Å². The smallest absolute Gasteiger partial charge is 0.338 e. The highest BCUT2D eigenvalue weighted by Crippen LogP contribution is 2.41. The van der Waals surface area contributed by atoms with E-state index < -0.39 is 29.5 Å². The van der Waals surface area contributed by atoms with Crippen molar-refractivity contribution in [3.8, 4) is 0 Å². The van der Waals surface area contributed by atoms with E-state index in [0.717, 1.165) is 0 Å². The first-order valence-electron chi connectivity index (χ1n) is 10.4. The van der Waals surface area contributed by atoms with Gasteiger partial charge in [-0.1, -0.05) is 19.9 Å². The molecule has 8 nitrogen and oxygen atoms in total. The van der Waals surface area contributed by atoms with Crippen molar-refractivity contribution in [2.75, 3.05) is 11.5 Å². The Kier molecular flexibility index (Phi) is 6.08. The second-order valence-corrected chi connectivity index (χ2v) is 7.97. The topological polar surface area (TPSA) is 110 Å². The number of pyridine rings is 1. The third-order valence-electron chi connectivity index (χ3n) is 5.13. The number of Topliss-reactive ketones (excluding diaryl/α,β-unsaturated/α-hetero) is 1. The van der Waals surface area contributed by atoms with Crippen molar-refractivity contribution in [2.45, 2.75) is 19.9 Å². The molecule has 4 rings (SSSR count). The number of benzene rings is 1. The van der Waals surface area contributed by atoms with Crippen molar-refractivity contribution in [3.63, 3.8) is 0 Å². The fourth-order valence-electron chi connectivity index (χ4n) is 3.58. The number of nitrogens with zero attached hydrogens (tertiary/aromatic N) is 2. The highest BCUT2D eigenvalue weighted by Gasteiger charge is 2.45. The SMILES string of the molecule is CC(C)COC(=O)c1ccc(N2C(=O)C(O)=C(C(=O)c3ccco3)C2c2cccnc2)cc1. The summed E-state index contributed by atoms with van der Waals surface area (Å²) in [5.41, 5.74) is 1.14. The number of amides is 1. The minimum Gasteiger partial charge on any atom is -0.503 e. The van der Waals surface area contributed by atoms with Gasteiger partial charge in [0.1, 0.15) is 0 Å². The van der Waals surface area contributed by atoms with Crippen LogP contribution in [0, 0.1) is 5.92 Å². The van der Waals surface area contributed by atoms with Crippen LogP contribution in [0.4, 0.5) is 5.69 Å². The Bertz CT molecular complexity index is 1200. The summed E-state index contributed by atoms with van der Waals surface area (Å²) in [5.74, 6) is -2.27. The number of furan rings is 1. The maximum Gasteiger partial charge on any atom is 0.338 e. The zero-order chi connectivity index (χ0) is 23.5. The molecule has 1 amide bonds. The summed E-state index contributed by atoms with van der Waals surface area (Å²) in [7, 11) is 0. The van der Waals surface area contributed by atoms with Gasteiger partial charge in [0, 0.05) is 18.1 Å². The van der Waals surface area contributed by atoms with Gasteiger partial charge in [0.15, 0.2) is 11.5 Å². The quantitative estimate of drug-likeness (QED) is 0.426. The van der Waals surface area contributed by atoms with Crippen molar-refractivity contribution in [1.29, 1.82) is 0 Å². The van der Waals surface area contributed by atoms with Crippen molar-refractivity contribution in [1.82, 2.24) is 4.98 Å². The predicted molar refractivity (Wildman–Crippen MR) is 119 cm³/mol. The summed E-state index contributed by atoms with van der Waals surface area (Å²) in [5, 5.41) is 10.7. The largest absolute Gasteiger partial charge is 0.503 e.